The van der Waals surface area contributed by atoms with Crippen molar-refractivity contribution in [3.63, 3.8) is 0 Å². The Morgan fingerprint density at radius 3 is 1.82 bits per heavy atom. The fourth-order valence-corrected chi connectivity index (χ4v) is 2.32. The molecule has 2 aromatic carbocycles. The van der Waals surface area contributed by atoms with Gasteiger partial charge in [0.05, 0.1) is 13.7 Å². The van der Waals surface area contributed by atoms with E-state index in [2.05, 4.69) is 24.3 Å². The van der Waals surface area contributed by atoms with Gasteiger partial charge in [-0.1, -0.05) is 37.1 Å². The number of benzene rings is 2. The zero-order valence-corrected chi connectivity index (χ0v) is 13.3. The predicted octanol–water partition coefficient (Wildman–Crippen LogP) is 4.26. The van der Waals surface area contributed by atoms with Crippen molar-refractivity contribution in [2.45, 2.75) is 25.7 Å². The van der Waals surface area contributed by atoms with Crippen molar-refractivity contribution in [2.24, 2.45) is 5.73 Å². The van der Waals surface area contributed by atoms with E-state index in [1.165, 1.54) is 24.0 Å². The van der Waals surface area contributed by atoms with Crippen molar-refractivity contribution in [2.75, 3.05) is 20.3 Å². The Bertz CT molecular complexity index is 534. The summed E-state index contributed by atoms with van der Waals surface area (Å²) in [6, 6.07) is 16.3. The molecule has 2 rings (SSSR count). The van der Waals surface area contributed by atoms with Crippen LogP contribution >= 0.6 is 0 Å². The number of hydrogen-bond acceptors (Lipinski definition) is 3. The molecule has 2 aromatic rings. The van der Waals surface area contributed by atoms with Gasteiger partial charge in [0.1, 0.15) is 11.5 Å². The third-order valence-electron chi connectivity index (χ3n) is 3.64. The molecule has 0 saturated carbocycles. The summed E-state index contributed by atoms with van der Waals surface area (Å²) in [5.41, 5.74) is 7.83. The summed E-state index contributed by atoms with van der Waals surface area (Å²) in [6.07, 6.45) is 4.56. The van der Waals surface area contributed by atoms with Crippen molar-refractivity contribution >= 4 is 0 Å². The molecule has 0 aliphatic carbocycles. The zero-order chi connectivity index (χ0) is 15.6. The smallest absolute Gasteiger partial charge is 0.119 e. The average Bonchev–Trinajstić information content (AvgIpc) is 2.59. The van der Waals surface area contributed by atoms with Crippen molar-refractivity contribution in [1.82, 2.24) is 0 Å². The monoisotopic (exact) mass is 299 g/mol. The van der Waals surface area contributed by atoms with Crippen LogP contribution < -0.4 is 15.2 Å². The molecule has 0 spiro atoms. The van der Waals surface area contributed by atoms with Gasteiger partial charge in [0, 0.05) is 0 Å². The van der Waals surface area contributed by atoms with E-state index in [1.807, 2.05) is 24.3 Å². The van der Waals surface area contributed by atoms with E-state index >= 15 is 0 Å². The van der Waals surface area contributed by atoms with Crippen LogP contribution in [0.25, 0.3) is 11.1 Å². The Balaban J connectivity index is 1.82. The lowest BCUT2D eigenvalue weighted by Gasteiger charge is -2.08. The van der Waals surface area contributed by atoms with Gasteiger partial charge >= 0.3 is 0 Å². The maximum Gasteiger partial charge on any atom is 0.119 e. The summed E-state index contributed by atoms with van der Waals surface area (Å²) in [5, 5.41) is 0. The molecule has 0 heterocycles. The van der Waals surface area contributed by atoms with Crippen LogP contribution in [0.1, 0.15) is 25.7 Å². The molecule has 0 radical (unpaired) electrons. The van der Waals surface area contributed by atoms with Crippen LogP contribution in [-0.2, 0) is 0 Å². The van der Waals surface area contributed by atoms with E-state index in [-0.39, 0.29) is 0 Å². The van der Waals surface area contributed by atoms with Crippen molar-refractivity contribution in [3.8, 4) is 22.6 Å². The van der Waals surface area contributed by atoms with Gasteiger partial charge in [0.25, 0.3) is 0 Å². The number of methoxy groups -OCH3 is 1. The predicted molar refractivity (Wildman–Crippen MR) is 91.4 cm³/mol. The minimum atomic E-state index is 0.770. The maximum absolute atomic E-state index is 5.76. The summed E-state index contributed by atoms with van der Waals surface area (Å²) in [4.78, 5) is 0. The van der Waals surface area contributed by atoms with E-state index in [4.69, 9.17) is 15.2 Å². The molecule has 22 heavy (non-hydrogen) atoms. The largest absolute Gasteiger partial charge is 0.497 e. The van der Waals surface area contributed by atoms with E-state index in [9.17, 15) is 0 Å². The molecule has 0 aliphatic rings. The van der Waals surface area contributed by atoms with Crippen LogP contribution in [0.5, 0.6) is 11.5 Å². The Labute approximate surface area is 133 Å². The van der Waals surface area contributed by atoms with Gasteiger partial charge in [0.2, 0.25) is 0 Å². The summed E-state index contributed by atoms with van der Waals surface area (Å²) in [6.45, 7) is 1.56. The highest BCUT2D eigenvalue weighted by atomic mass is 16.5. The van der Waals surface area contributed by atoms with Crippen LogP contribution in [0.2, 0.25) is 0 Å². The van der Waals surface area contributed by atoms with E-state index in [0.717, 1.165) is 37.5 Å². The first-order valence-electron chi connectivity index (χ1n) is 7.91. The molecule has 0 atom stereocenters. The van der Waals surface area contributed by atoms with Gasteiger partial charge in [-0.3, -0.25) is 0 Å². The number of hydrogen-bond donors (Lipinski definition) is 1. The van der Waals surface area contributed by atoms with Crippen molar-refractivity contribution in [1.29, 1.82) is 0 Å². The highest BCUT2D eigenvalue weighted by Crippen LogP contribution is 2.24. The third-order valence-corrected chi connectivity index (χ3v) is 3.64. The Kier molecular flexibility index (Phi) is 6.78. The third kappa shape index (κ3) is 5.08. The van der Waals surface area contributed by atoms with Crippen LogP contribution in [-0.4, -0.2) is 20.3 Å². The normalized spacial score (nSPS) is 10.5. The van der Waals surface area contributed by atoms with E-state index < -0.39 is 0 Å². The Hall–Kier alpha value is -2.00. The number of rotatable bonds is 9. The highest BCUT2D eigenvalue weighted by molar-refractivity contribution is 5.64. The second-order valence-corrected chi connectivity index (χ2v) is 5.30. The fourth-order valence-electron chi connectivity index (χ4n) is 2.32. The molecular weight excluding hydrogens is 274 g/mol. The van der Waals surface area contributed by atoms with Gasteiger partial charge in [-0.05, 0) is 54.8 Å². The number of ether oxygens (including phenoxy) is 2. The second-order valence-electron chi connectivity index (χ2n) is 5.30. The first-order valence-corrected chi connectivity index (χ1v) is 7.91. The summed E-state index contributed by atoms with van der Waals surface area (Å²) in [5.74, 6) is 1.80. The quantitative estimate of drug-likeness (QED) is 0.704. The number of nitrogens with two attached hydrogens (primary N) is 1. The molecule has 118 valence electrons. The average molecular weight is 299 g/mol. The van der Waals surface area contributed by atoms with Crippen molar-refractivity contribution < 1.29 is 9.47 Å². The minimum Gasteiger partial charge on any atom is -0.497 e. The summed E-state index contributed by atoms with van der Waals surface area (Å²) < 4.78 is 10.9. The summed E-state index contributed by atoms with van der Waals surface area (Å²) >= 11 is 0. The molecule has 0 bridgehead atoms. The van der Waals surface area contributed by atoms with Crippen LogP contribution in [0.4, 0.5) is 0 Å². The molecule has 0 saturated heterocycles. The summed E-state index contributed by atoms with van der Waals surface area (Å²) in [7, 11) is 1.68. The SMILES string of the molecule is COc1ccc(-c2ccc(OCCCCCCN)cc2)cc1. The standard InChI is InChI=1S/C19H25NO2/c1-21-18-10-6-16(7-11-18)17-8-12-19(13-9-17)22-15-5-3-2-4-14-20/h6-13H,2-5,14-15,20H2,1H3. The van der Waals surface area contributed by atoms with Crippen LogP contribution in [0.3, 0.4) is 0 Å². The number of unbranched alkanes of at least 4 members (excludes halogenated alkanes) is 3. The fraction of sp³-hybridized carbons (Fsp3) is 0.368. The Morgan fingerprint density at radius 1 is 0.727 bits per heavy atom. The van der Waals surface area contributed by atoms with E-state index in [1.54, 1.807) is 7.11 Å². The molecule has 3 nitrogen and oxygen atoms in total. The van der Waals surface area contributed by atoms with Gasteiger partial charge in [-0.15, -0.1) is 0 Å². The molecule has 0 aliphatic heterocycles. The van der Waals surface area contributed by atoms with Gasteiger partial charge in [-0.25, -0.2) is 0 Å². The Morgan fingerprint density at radius 2 is 1.27 bits per heavy atom. The lowest BCUT2D eigenvalue weighted by Crippen LogP contribution is -2.00. The van der Waals surface area contributed by atoms with E-state index in [0.29, 0.717) is 0 Å². The zero-order valence-electron chi connectivity index (χ0n) is 13.3. The topological polar surface area (TPSA) is 44.5 Å². The molecule has 3 heteroatoms. The lowest BCUT2D eigenvalue weighted by molar-refractivity contribution is 0.305. The lowest BCUT2D eigenvalue weighted by atomic mass is 10.1. The maximum atomic E-state index is 5.76. The van der Waals surface area contributed by atoms with Gasteiger partial charge in [0.15, 0.2) is 0 Å². The molecule has 0 amide bonds. The highest BCUT2D eigenvalue weighted by Gasteiger charge is 2.00. The molecular formula is C19H25NO2. The molecule has 0 aromatic heterocycles. The van der Waals surface area contributed by atoms with Crippen molar-refractivity contribution in [3.05, 3.63) is 48.5 Å². The first kappa shape index (κ1) is 16.4. The van der Waals surface area contributed by atoms with Gasteiger partial charge < -0.3 is 15.2 Å². The van der Waals surface area contributed by atoms with Crippen LogP contribution in [0, 0.1) is 0 Å². The first-order chi connectivity index (χ1) is 10.8. The van der Waals surface area contributed by atoms with Gasteiger partial charge in [-0.2, -0.15) is 0 Å². The molecule has 0 fully saturated rings. The molecule has 2 N–H and O–H groups in total. The second kappa shape index (κ2) is 9.11. The minimum absolute atomic E-state index is 0.770. The molecule has 0 unspecified atom stereocenters. The van der Waals surface area contributed by atoms with Crippen LogP contribution in [0.15, 0.2) is 48.5 Å².